The summed E-state index contributed by atoms with van der Waals surface area (Å²) in [5.74, 6) is 0.467. The molecule has 0 spiro atoms. The number of nitrogens with one attached hydrogen (secondary N) is 2. The van der Waals surface area contributed by atoms with Crippen LogP contribution in [-0.2, 0) is 14.3 Å². The summed E-state index contributed by atoms with van der Waals surface area (Å²) in [4.78, 5) is 23.7. The number of hydrogen-bond acceptors (Lipinski definition) is 4. The van der Waals surface area contributed by atoms with Gasteiger partial charge in [0.05, 0.1) is 5.60 Å². The van der Waals surface area contributed by atoms with Gasteiger partial charge in [-0.15, -0.1) is 0 Å². The molecule has 2 aliphatic carbocycles. The molecule has 2 saturated carbocycles. The molecule has 0 atom stereocenters. The van der Waals surface area contributed by atoms with E-state index in [1.165, 1.54) is 0 Å². The summed E-state index contributed by atoms with van der Waals surface area (Å²) in [7, 11) is 0. The van der Waals surface area contributed by atoms with E-state index in [0.29, 0.717) is 5.75 Å². The lowest BCUT2D eigenvalue weighted by atomic mass is 9.86. The zero-order valence-electron chi connectivity index (χ0n) is 14.8. The maximum absolute atomic E-state index is 11.9. The molecule has 6 heteroatoms. The molecule has 0 aliphatic heterocycles. The van der Waals surface area contributed by atoms with Crippen molar-refractivity contribution in [2.75, 3.05) is 13.2 Å². The molecule has 0 radical (unpaired) electrons. The van der Waals surface area contributed by atoms with Gasteiger partial charge < -0.3 is 20.1 Å². The molecule has 6 nitrogen and oxygen atoms in total. The van der Waals surface area contributed by atoms with Crippen molar-refractivity contribution < 1.29 is 19.1 Å². The van der Waals surface area contributed by atoms with Crippen molar-refractivity contribution >= 4 is 11.8 Å². The molecule has 1 aromatic carbocycles. The smallest absolute Gasteiger partial charge is 0.258 e. The van der Waals surface area contributed by atoms with Gasteiger partial charge in [0, 0.05) is 12.1 Å². The molecule has 2 amide bonds. The molecule has 0 saturated heterocycles. The predicted molar refractivity (Wildman–Crippen MR) is 93.4 cm³/mol. The minimum absolute atomic E-state index is 0.00299. The van der Waals surface area contributed by atoms with Crippen LogP contribution in [0.25, 0.3) is 0 Å². The maximum Gasteiger partial charge on any atom is 0.258 e. The first-order valence-electron chi connectivity index (χ1n) is 8.84. The Morgan fingerprint density at radius 3 is 2.16 bits per heavy atom. The largest absolute Gasteiger partial charge is 0.484 e. The van der Waals surface area contributed by atoms with Crippen LogP contribution in [0, 0.1) is 6.92 Å². The van der Waals surface area contributed by atoms with Crippen molar-refractivity contribution in [3.05, 3.63) is 29.8 Å². The van der Waals surface area contributed by atoms with E-state index in [-0.39, 0.29) is 42.7 Å². The van der Waals surface area contributed by atoms with Crippen LogP contribution in [0.5, 0.6) is 5.75 Å². The third-order valence-corrected chi connectivity index (χ3v) is 4.77. The first kappa shape index (κ1) is 17.7. The topological polar surface area (TPSA) is 76.7 Å². The van der Waals surface area contributed by atoms with Crippen molar-refractivity contribution in [3.8, 4) is 5.75 Å². The molecule has 0 heterocycles. The molecule has 1 aromatic rings. The standard InChI is InChI=1S/C19H26N2O4/c1-13-3-5-16(6-4-13)24-11-17(22)20-14-9-15(10-14)21-18(23)12-25-19(2)7-8-19/h3-6,14-15H,7-12H2,1-2H3,(H,20,22)(H,21,23)/t14-,15+. The van der Waals surface area contributed by atoms with Gasteiger partial charge >= 0.3 is 0 Å². The van der Waals surface area contributed by atoms with Crippen molar-refractivity contribution in [1.29, 1.82) is 0 Å². The lowest BCUT2D eigenvalue weighted by Gasteiger charge is -2.36. The fraction of sp³-hybridized carbons (Fsp3) is 0.579. The van der Waals surface area contributed by atoms with E-state index >= 15 is 0 Å². The number of amides is 2. The average Bonchev–Trinajstić information content (AvgIpc) is 3.28. The van der Waals surface area contributed by atoms with E-state index in [0.717, 1.165) is 31.2 Å². The third kappa shape index (κ3) is 5.46. The summed E-state index contributed by atoms with van der Waals surface area (Å²) >= 11 is 0. The Morgan fingerprint density at radius 1 is 1.04 bits per heavy atom. The molecule has 2 N–H and O–H groups in total. The van der Waals surface area contributed by atoms with Crippen LogP contribution in [0.4, 0.5) is 0 Å². The Hall–Kier alpha value is -2.08. The summed E-state index contributed by atoms with van der Waals surface area (Å²) in [6.45, 7) is 4.14. The Bertz CT molecular complexity index is 619. The minimum Gasteiger partial charge on any atom is -0.484 e. The van der Waals surface area contributed by atoms with Crippen LogP contribution in [0.1, 0.15) is 38.2 Å². The lowest BCUT2D eigenvalue weighted by Crippen LogP contribution is -2.55. The molecule has 0 bridgehead atoms. The van der Waals surface area contributed by atoms with E-state index < -0.39 is 0 Å². The molecule has 136 valence electrons. The van der Waals surface area contributed by atoms with Crippen LogP contribution in [0.15, 0.2) is 24.3 Å². The van der Waals surface area contributed by atoms with Crippen LogP contribution >= 0.6 is 0 Å². The number of carbonyl (C=O) groups excluding carboxylic acids is 2. The summed E-state index contributed by atoms with van der Waals surface area (Å²) in [5.41, 5.74) is 1.07. The second-order valence-electron chi connectivity index (χ2n) is 7.34. The SMILES string of the molecule is Cc1ccc(OCC(=O)N[C@H]2C[C@@H](NC(=O)COC3(C)CC3)C2)cc1. The van der Waals surface area contributed by atoms with Gasteiger partial charge in [0.25, 0.3) is 5.91 Å². The summed E-state index contributed by atoms with van der Waals surface area (Å²) in [6.07, 6.45) is 3.56. The van der Waals surface area contributed by atoms with Gasteiger partial charge in [-0.25, -0.2) is 0 Å². The minimum atomic E-state index is -0.139. The number of ether oxygens (including phenoxy) is 2. The van der Waals surface area contributed by atoms with E-state index in [1.807, 2.05) is 38.1 Å². The molecule has 0 unspecified atom stereocenters. The number of hydrogen-bond donors (Lipinski definition) is 2. The number of rotatable bonds is 8. The average molecular weight is 346 g/mol. The summed E-state index contributed by atoms with van der Waals surface area (Å²) in [6, 6.07) is 7.80. The number of benzene rings is 1. The van der Waals surface area contributed by atoms with Crippen molar-refractivity contribution in [3.63, 3.8) is 0 Å². The molecule has 2 aliphatic rings. The Labute approximate surface area is 148 Å². The first-order valence-corrected chi connectivity index (χ1v) is 8.84. The normalized spacial score (nSPS) is 23.3. The maximum atomic E-state index is 11.9. The monoisotopic (exact) mass is 346 g/mol. The highest BCUT2D eigenvalue weighted by atomic mass is 16.5. The Morgan fingerprint density at radius 2 is 1.60 bits per heavy atom. The molecular formula is C19H26N2O4. The van der Waals surface area contributed by atoms with E-state index in [1.54, 1.807) is 0 Å². The molecular weight excluding hydrogens is 320 g/mol. The van der Waals surface area contributed by atoms with Crippen molar-refractivity contribution in [2.45, 2.75) is 57.2 Å². The first-order chi connectivity index (χ1) is 11.9. The van der Waals surface area contributed by atoms with E-state index in [4.69, 9.17) is 9.47 Å². The van der Waals surface area contributed by atoms with Crippen LogP contribution < -0.4 is 15.4 Å². The highest BCUT2D eigenvalue weighted by Crippen LogP contribution is 2.38. The van der Waals surface area contributed by atoms with Gasteiger partial charge in [-0.1, -0.05) is 17.7 Å². The number of carbonyl (C=O) groups is 2. The molecule has 3 rings (SSSR count). The summed E-state index contributed by atoms with van der Waals surface area (Å²) in [5, 5.41) is 5.86. The Kier molecular flexibility index (Phi) is 5.27. The quantitative estimate of drug-likeness (QED) is 0.751. The molecule has 0 aromatic heterocycles. The predicted octanol–water partition coefficient (Wildman–Crippen LogP) is 1.71. The van der Waals surface area contributed by atoms with E-state index in [9.17, 15) is 9.59 Å². The second-order valence-corrected chi connectivity index (χ2v) is 7.34. The molecule has 25 heavy (non-hydrogen) atoms. The molecule has 2 fully saturated rings. The van der Waals surface area contributed by atoms with Gasteiger partial charge in [-0.2, -0.15) is 0 Å². The van der Waals surface area contributed by atoms with Crippen LogP contribution in [-0.4, -0.2) is 42.7 Å². The Balaban J connectivity index is 1.27. The third-order valence-electron chi connectivity index (χ3n) is 4.77. The van der Waals surface area contributed by atoms with Gasteiger partial charge in [0.2, 0.25) is 5.91 Å². The highest BCUT2D eigenvalue weighted by molar-refractivity contribution is 5.79. The van der Waals surface area contributed by atoms with E-state index in [2.05, 4.69) is 10.6 Å². The van der Waals surface area contributed by atoms with Crippen molar-refractivity contribution in [2.24, 2.45) is 0 Å². The van der Waals surface area contributed by atoms with Gasteiger partial charge in [0.1, 0.15) is 12.4 Å². The summed E-state index contributed by atoms with van der Waals surface area (Å²) < 4.78 is 11.0. The van der Waals surface area contributed by atoms with Gasteiger partial charge in [-0.05, 0) is 51.7 Å². The lowest BCUT2D eigenvalue weighted by molar-refractivity contribution is -0.129. The van der Waals surface area contributed by atoms with Gasteiger partial charge in [-0.3, -0.25) is 9.59 Å². The highest BCUT2D eigenvalue weighted by Gasteiger charge is 2.39. The zero-order valence-corrected chi connectivity index (χ0v) is 14.8. The van der Waals surface area contributed by atoms with Gasteiger partial charge in [0.15, 0.2) is 6.61 Å². The number of aryl methyl sites for hydroxylation is 1. The van der Waals surface area contributed by atoms with Crippen molar-refractivity contribution in [1.82, 2.24) is 10.6 Å². The zero-order chi connectivity index (χ0) is 17.9. The fourth-order valence-corrected chi connectivity index (χ4v) is 2.74. The van der Waals surface area contributed by atoms with Crippen LogP contribution in [0.2, 0.25) is 0 Å². The van der Waals surface area contributed by atoms with Crippen LogP contribution in [0.3, 0.4) is 0 Å². The fourth-order valence-electron chi connectivity index (χ4n) is 2.74. The second kappa shape index (κ2) is 7.44.